The van der Waals surface area contributed by atoms with E-state index >= 15 is 0 Å². The lowest BCUT2D eigenvalue weighted by Crippen LogP contribution is -2.38. The van der Waals surface area contributed by atoms with Gasteiger partial charge in [-0.25, -0.2) is 0 Å². The maximum absolute atomic E-state index is 9.17. The summed E-state index contributed by atoms with van der Waals surface area (Å²) >= 11 is 0. The van der Waals surface area contributed by atoms with Gasteiger partial charge in [0.25, 0.3) is 0 Å². The van der Waals surface area contributed by atoms with Gasteiger partial charge in [-0.3, -0.25) is 0 Å². The van der Waals surface area contributed by atoms with Crippen LogP contribution in [-0.4, -0.2) is 40.4 Å². The Balaban J connectivity index is 3.79. The van der Waals surface area contributed by atoms with Crippen LogP contribution in [0.2, 0.25) is 0 Å². The Morgan fingerprint density at radius 1 is 1.45 bits per heavy atom. The fraction of sp³-hybridized carbons (Fsp3) is 1.00. The van der Waals surface area contributed by atoms with Crippen molar-refractivity contribution in [2.75, 3.05) is 13.2 Å². The molecule has 0 amide bonds. The third kappa shape index (κ3) is 4.31. The summed E-state index contributed by atoms with van der Waals surface area (Å²) in [6.45, 7) is 2.57. The summed E-state index contributed by atoms with van der Waals surface area (Å²) in [6.07, 6.45) is 0.198. The van der Waals surface area contributed by atoms with Crippen molar-refractivity contribution in [3.63, 3.8) is 0 Å². The molecule has 0 aliphatic heterocycles. The van der Waals surface area contributed by atoms with Crippen LogP contribution in [0.5, 0.6) is 0 Å². The molecule has 68 valence electrons. The van der Waals surface area contributed by atoms with Crippen LogP contribution in [0.25, 0.3) is 0 Å². The van der Waals surface area contributed by atoms with Gasteiger partial charge in [0.15, 0.2) is 5.79 Å². The van der Waals surface area contributed by atoms with Crippen molar-refractivity contribution in [2.45, 2.75) is 32.2 Å². The van der Waals surface area contributed by atoms with Gasteiger partial charge in [-0.05, 0) is 13.3 Å². The second kappa shape index (κ2) is 4.66. The van der Waals surface area contributed by atoms with E-state index in [2.05, 4.69) is 0 Å². The van der Waals surface area contributed by atoms with Crippen molar-refractivity contribution in [2.24, 2.45) is 0 Å². The molecular formula is C7H16O4. The number of rotatable bonds is 5. The Morgan fingerprint density at radius 3 is 2.27 bits per heavy atom. The van der Waals surface area contributed by atoms with Gasteiger partial charge in [0, 0.05) is 0 Å². The predicted octanol–water partition coefficient (Wildman–Crippen LogP) is -0.525. The van der Waals surface area contributed by atoms with Crippen LogP contribution >= 0.6 is 0 Å². The van der Waals surface area contributed by atoms with Crippen LogP contribution < -0.4 is 0 Å². The highest BCUT2D eigenvalue weighted by Crippen LogP contribution is 2.09. The summed E-state index contributed by atoms with van der Waals surface area (Å²) in [5.74, 6) is -1.54. The zero-order valence-electron chi connectivity index (χ0n) is 6.95. The van der Waals surface area contributed by atoms with E-state index < -0.39 is 18.5 Å². The molecule has 0 rings (SSSR count). The average Bonchev–Trinajstić information content (AvgIpc) is 2.00. The topological polar surface area (TPSA) is 69.9 Å². The second-order valence-electron chi connectivity index (χ2n) is 2.66. The van der Waals surface area contributed by atoms with Gasteiger partial charge < -0.3 is 20.1 Å². The van der Waals surface area contributed by atoms with Crippen LogP contribution in [0.3, 0.4) is 0 Å². The summed E-state index contributed by atoms with van der Waals surface area (Å²) < 4.78 is 4.94. The quantitative estimate of drug-likeness (QED) is 0.478. The number of aliphatic hydroxyl groups is 3. The molecule has 0 radical (unpaired) electrons. The van der Waals surface area contributed by atoms with Crippen LogP contribution in [0.4, 0.5) is 0 Å². The largest absolute Gasteiger partial charge is 0.394 e. The second-order valence-corrected chi connectivity index (χ2v) is 2.66. The van der Waals surface area contributed by atoms with Gasteiger partial charge in [-0.1, -0.05) is 6.92 Å². The molecule has 4 nitrogen and oxygen atoms in total. The molecule has 11 heavy (non-hydrogen) atoms. The van der Waals surface area contributed by atoms with Crippen molar-refractivity contribution >= 4 is 0 Å². The SMILES string of the molecule is CCC(CO)OC(C)(O)CO. The van der Waals surface area contributed by atoms with Crippen molar-refractivity contribution in [3.05, 3.63) is 0 Å². The molecule has 0 saturated carbocycles. The average molecular weight is 164 g/mol. The van der Waals surface area contributed by atoms with E-state index in [4.69, 9.17) is 14.9 Å². The molecule has 0 aliphatic carbocycles. The van der Waals surface area contributed by atoms with E-state index in [0.29, 0.717) is 6.42 Å². The van der Waals surface area contributed by atoms with Gasteiger partial charge in [-0.15, -0.1) is 0 Å². The monoisotopic (exact) mass is 164 g/mol. The van der Waals surface area contributed by atoms with Gasteiger partial charge in [0.05, 0.1) is 19.3 Å². The van der Waals surface area contributed by atoms with E-state index in [0.717, 1.165) is 0 Å². The molecule has 0 heterocycles. The third-order valence-electron chi connectivity index (χ3n) is 1.37. The molecule has 0 bridgehead atoms. The van der Waals surface area contributed by atoms with Crippen molar-refractivity contribution < 1.29 is 20.1 Å². The van der Waals surface area contributed by atoms with E-state index in [-0.39, 0.29) is 6.61 Å². The first-order valence-corrected chi connectivity index (χ1v) is 3.67. The zero-order chi connectivity index (χ0) is 8.91. The number of hydrogen-bond acceptors (Lipinski definition) is 4. The Morgan fingerprint density at radius 2 is 2.00 bits per heavy atom. The third-order valence-corrected chi connectivity index (χ3v) is 1.37. The van der Waals surface area contributed by atoms with E-state index in [9.17, 15) is 5.11 Å². The zero-order valence-corrected chi connectivity index (χ0v) is 6.95. The Hall–Kier alpha value is -0.160. The maximum Gasteiger partial charge on any atom is 0.186 e. The Bertz CT molecular complexity index is 98.6. The first-order chi connectivity index (χ1) is 5.05. The first-order valence-electron chi connectivity index (χ1n) is 3.67. The van der Waals surface area contributed by atoms with E-state index in [1.165, 1.54) is 6.92 Å². The first kappa shape index (κ1) is 10.8. The molecule has 3 N–H and O–H groups in total. The highest BCUT2D eigenvalue weighted by Gasteiger charge is 2.23. The fourth-order valence-electron chi connectivity index (χ4n) is 0.646. The molecule has 0 aromatic rings. The standard InChI is InChI=1S/C7H16O4/c1-3-6(4-8)11-7(2,10)5-9/h6,8-10H,3-5H2,1-2H3. The maximum atomic E-state index is 9.17. The normalized spacial score (nSPS) is 19.4. The molecule has 0 spiro atoms. The fourth-order valence-corrected chi connectivity index (χ4v) is 0.646. The molecule has 0 saturated heterocycles. The van der Waals surface area contributed by atoms with Gasteiger partial charge in [0.2, 0.25) is 0 Å². The van der Waals surface area contributed by atoms with Crippen molar-refractivity contribution in [3.8, 4) is 0 Å². The summed E-state index contributed by atoms with van der Waals surface area (Å²) in [5, 5.41) is 26.4. The number of hydrogen-bond donors (Lipinski definition) is 3. The molecule has 0 fully saturated rings. The number of aliphatic hydroxyl groups excluding tert-OH is 2. The lowest BCUT2D eigenvalue weighted by Gasteiger charge is -2.25. The molecular weight excluding hydrogens is 148 g/mol. The Kier molecular flexibility index (Phi) is 4.60. The molecule has 4 heteroatoms. The minimum Gasteiger partial charge on any atom is -0.394 e. The van der Waals surface area contributed by atoms with Gasteiger partial charge in [0.1, 0.15) is 0 Å². The van der Waals surface area contributed by atoms with Gasteiger partial charge >= 0.3 is 0 Å². The summed E-state index contributed by atoms with van der Waals surface area (Å²) in [7, 11) is 0. The smallest absolute Gasteiger partial charge is 0.186 e. The molecule has 0 aliphatic rings. The minimum atomic E-state index is -1.54. The summed E-state index contributed by atoms with van der Waals surface area (Å²) in [6, 6.07) is 0. The van der Waals surface area contributed by atoms with E-state index in [1.54, 1.807) is 0 Å². The van der Waals surface area contributed by atoms with Crippen molar-refractivity contribution in [1.29, 1.82) is 0 Å². The Labute approximate surface area is 66.4 Å². The summed E-state index contributed by atoms with van der Waals surface area (Å²) in [5.41, 5.74) is 0. The highest BCUT2D eigenvalue weighted by molar-refractivity contribution is 4.61. The highest BCUT2D eigenvalue weighted by atomic mass is 16.6. The lowest BCUT2D eigenvalue weighted by molar-refractivity contribution is -0.241. The molecule has 2 atom stereocenters. The van der Waals surface area contributed by atoms with Crippen LogP contribution in [0.1, 0.15) is 20.3 Å². The molecule has 2 unspecified atom stereocenters. The van der Waals surface area contributed by atoms with Crippen LogP contribution in [0, 0.1) is 0 Å². The number of ether oxygens (including phenoxy) is 1. The minimum absolute atomic E-state index is 0.146. The molecule has 0 aromatic heterocycles. The van der Waals surface area contributed by atoms with Gasteiger partial charge in [-0.2, -0.15) is 0 Å². The van der Waals surface area contributed by atoms with E-state index in [1.807, 2.05) is 6.92 Å². The van der Waals surface area contributed by atoms with Crippen molar-refractivity contribution in [1.82, 2.24) is 0 Å². The van der Waals surface area contributed by atoms with Crippen LogP contribution in [-0.2, 0) is 4.74 Å². The van der Waals surface area contributed by atoms with Crippen LogP contribution in [0.15, 0.2) is 0 Å². The lowest BCUT2D eigenvalue weighted by atomic mass is 10.2. The summed E-state index contributed by atoms with van der Waals surface area (Å²) in [4.78, 5) is 0. The molecule has 0 aromatic carbocycles. The predicted molar refractivity (Wildman–Crippen MR) is 40.0 cm³/mol.